The minimum atomic E-state index is -3.72. The molecule has 1 unspecified atom stereocenters. The molecule has 104 valence electrons. The smallest absolute Gasteiger partial charge is 0.237 e. The molecule has 0 aliphatic heterocycles. The van der Waals surface area contributed by atoms with E-state index in [9.17, 15) is 13.2 Å². The molecular weight excluding hydrogens is 254 g/mol. The van der Waals surface area contributed by atoms with Gasteiger partial charge < -0.3 is 4.90 Å². The first-order chi connectivity index (χ1) is 8.34. The van der Waals surface area contributed by atoms with Crippen molar-refractivity contribution in [1.29, 1.82) is 5.26 Å². The van der Waals surface area contributed by atoms with Crippen molar-refractivity contribution in [1.82, 2.24) is 9.21 Å². The molecule has 0 aromatic rings. The summed E-state index contributed by atoms with van der Waals surface area (Å²) in [4.78, 5) is 13.4. The van der Waals surface area contributed by atoms with Crippen molar-refractivity contribution >= 4 is 15.9 Å². The second-order valence-electron chi connectivity index (χ2n) is 3.89. The monoisotopic (exact) mass is 275 g/mol. The Hall–Kier alpha value is -1.13. The molecule has 7 heteroatoms. The number of hydrogen-bond donors (Lipinski definition) is 0. The van der Waals surface area contributed by atoms with Crippen LogP contribution in [0.4, 0.5) is 0 Å². The normalized spacial score (nSPS) is 13.1. The number of likely N-dealkylation sites (N-methyl/N-ethyl adjacent to an activating group) is 2. The van der Waals surface area contributed by atoms with Gasteiger partial charge in [0, 0.05) is 20.1 Å². The third kappa shape index (κ3) is 3.96. The highest BCUT2D eigenvalue weighted by atomic mass is 32.2. The summed E-state index contributed by atoms with van der Waals surface area (Å²) < 4.78 is 24.9. The number of carbonyl (C=O) groups excluding carboxylic acids is 1. The molecule has 18 heavy (non-hydrogen) atoms. The van der Waals surface area contributed by atoms with Crippen LogP contribution in [0.3, 0.4) is 0 Å². The lowest BCUT2D eigenvalue weighted by atomic mass is 10.4. The minimum absolute atomic E-state index is 0.211. The highest BCUT2D eigenvalue weighted by Crippen LogP contribution is 2.10. The third-order valence-corrected chi connectivity index (χ3v) is 4.94. The van der Waals surface area contributed by atoms with E-state index in [1.165, 1.54) is 7.05 Å². The summed E-state index contributed by atoms with van der Waals surface area (Å²) in [5, 5.41) is 7.70. The Labute approximate surface area is 109 Å². The van der Waals surface area contributed by atoms with E-state index in [0.717, 1.165) is 4.31 Å². The molecule has 0 aliphatic rings. The lowest BCUT2D eigenvalue weighted by Crippen LogP contribution is -2.43. The zero-order chi connectivity index (χ0) is 14.3. The average Bonchev–Trinajstić information content (AvgIpc) is 2.31. The molecule has 1 amide bonds. The molecule has 0 heterocycles. The number of carbonyl (C=O) groups is 1. The van der Waals surface area contributed by atoms with E-state index >= 15 is 0 Å². The van der Waals surface area contributed by atoms with E-state index in [0.29, 0.717) is 13.1 Å². The second-order valence-corrected chi connectivity index (χ2v) is 6.12. The summed E-state index contributed by atoms with van der Waals surface area (Å²) in [6.45, 7) is 6.16. The van der Waals surface area contributed by atoms with Gasteiger partial charge >= 0.3 is 0 Å². The zero-order valence-corrected chi connectivity index (χ0v) is 12.2. The Bertz CT molecular complexity index is 410. The van der Waals surface area contributed by atoms with Crippen LogP contribution in [-0.2, 0) is 14.8 Å². The molecule has 6 nitrogen and oxygen atoms in total. The maximum Gasteiger partial charge on any atom is 0.237 e. The van der Waals surface area contributed by atoms with Gasteiger partial charge in [0.2, 0.25) is 15.9 Å². The van der Waals surface area contributed by atoms with Crippen LogP contribution in [0.15, 0.2) is 0 Å². The van der Waals surface area contributed by atoms with Gasteiger partial charge in [0.1, 0.15) is 0 Å². The Kier molecular flexibility index (Phi) is 6.88. The summed E-state index contributed by atoms with van der Waals surface area (Å²) in [6.07, 6.45) is 0.211. The number of rotatable bonds is 7. The van der Waals surface area contributed by atoms with Gasteiger partial charge in [-0.05, 0) is 20.3 Å². The van der Waals surface area contributed by atoms with Crippen LogP contribution in [0.25, 0.3) is 0 Å². The van der Waals surface area contributed by atoms with E-state index in [4.69, 9.17) is 5.26 Å². The zero-order valence-electron chi connectivity index (χ0n) is 11.4. The average molecular weight is 275 g/mol. The predicted octanol–water partition coefficient (Wildman–Crippen LogP) is 0.419. The summed E-state index contributed by atoms with van der Waals surface area (Å²) >= 11 is 0. The fourth-order valence-corrected chi connectivity index (χ4v) is 2.82. The van der Waals surface area contributed by atoms with Gasteiger partial charge in [0.15, 0.2) is 5.25 Å². The van der Waals surface area contributed by atoms with E-state index in [2.05, 4.69) is 0 Å². The molecule has 0 aromatic heterocycles. The van der Waals surface area contributed by atoms with Crippen LogP contribution in [0.2, 0.25) is 0 Å². The van der Waals surface area contributed by atoms with Crippen molar-refractivity contribution < 1.29 is 13.2 Å². The Balaban J connectivity index is 4.83. The first-order valence-electron chi connectivity index (χ1n) is 5.97. The Morgan fingerprint density at radius 2 is 1.78 bits per heavy atom. The van der Waals surface area contributed by atoms with E-state index in [1.807, 2.05) is 13.8 Å². The van der Waals surface area contributed by atoms with Gasteiger partial charge in [-0.3, -0.25) is 4.79 Å². The molecule has 1 atom stereocenters. The number of nitrogens with zero attached hydrogens (tertiary/aromatic N) is 3. The van der Waals surface area contributed by atoms with E-state index in [1.54, 1.807) is 17.9 Å². The summed E-state index contributed by atoms with van der Waals surface area (Å²) in [6, 6.07) is 1.75. The van der Waals surface area contributed by atoms with Crippen LogP contribution in [0.5, 0.6) is 0 Å². The first kappa shape index (κ1) is 16.9. The molecule has 0 aliphatic carbocycles. The Morgan fingerprint density at radius 1 is 1.28 bits per heavy atom. The number of hydrogen-bond acceptors (Lipinski definition) is 4. The van der Waals surface area contributed by atoms with Crippen molar-refractivity contribution in [3.63, 3.8) is 0 Å². The maximum atomic E-state index is 12.0. The standard InChI is InChI=1S/C11H21N3O3S/c1-5-10(8-12)18(16,17)13(4)9-11(15)14(6-2)7-3/h10H,5-7,9H2,1-4H3. The minimum Gasteiger partial charge on any atom is -0.342 e. The first-order valence-corrected chi connectivity index (χ1v) is 7.47. The number of nitriles is 1. The predicted molar refractivity (Wildman–Crippen MR) is 69.2 cm³/mol. The fourth-order valence-electron chi connectivity index (χ4n) is 1.54. The molecule has 0 bridgehead atoms. The fraction of sp³-hybridized carbons (Fsp3) is 0.818. The van der Waals surface area contributed by atoms with Crippen LogP contribution in [0.1, 0.15) is 27.2 Å². The lowest BCUT2D eigenvalue weighted by molar-refractivity contribution is -0.130. The van der Waals surface area contributed by atoms with E-state index in [-0.39, 0.29) is 18.9 Å². The molecule has 0 saturated carbocycles. The third-order valence-electron chi connectivity index (χ3n) is 2.78. The summed E-state index contributed by atoms with van der Waals surface area (Å²) in [5.74, 6) is -0.251. The van der Waals surface area contributed by atoms with Gasteiger partial charge in [0.25, 0.3) is 0 Å². The van der Waals surface area contributed by atoms with Crippen LogP contribution < -0.4 is 0 Å². The molecule has 0 saturated heterocycles. The van der Waals surface area contributed by atoms with Crippen LogP contribution in [0, 0.1) is 11.3 Å². The quantitative estimate of drug-likeness (QED) is 0.674. The highest BCUT2D eigenvalue weighted by Gasteiger charge is 2.30. The summed E-state index contributed by atoms with van der Waals surface area (Å²) in [5.41, 5.74) is 0. The number of sulfonamides is 1. The Morgan fingerprint density at radius 3 is 2.11 bits per heavy atom. The van der Waals surface area contributed by atoms with Gasteiger partial charge in [-0.15, -0.1) is 0 Å². The van der Waals surface area contributed by atoms with Crippen molar-refractivity contribution in [2.24, 2.45) is 0 Å². The SMILES string of the molecule is CCC(C#N)S(=O)(=O)N(C)CC(=O)N(CC)CC. The van der Waals surface area contributed by atoms with Gasteiger partial charge in [-0.1, -0.05) is 6.92 Å². The molecule has 0 N–H and O–H groups in total. The van der Waals surface area contributed by atoms with Crippen molar-refractivity contribution in [2.75, 3.05) is 26.7 Å². The molecule has 0 aromatic carbocycles. The largest absolute Gasteiger partial charge is 0.342 e. The molecule has 0 rings (SSSR count). The highest BCUT2D eigenvalue weighted by molar-refractivity contribution is 7.90. The molecule has 0 fully saturated rings. The van der Waals surface area contributed by atoms with Crippen molar-refractivity contribution in [3.05, 3.63) is 0 Å². The second kappa shape index (κ2) is 7.34. The van der Waals surface area contributed by atoms with Gasteiger partial charge in [0.05, 0.1) is 12.6 Å². The van der Waals surface area contributed by atoms with Crippen molar-refractivity contribution in [2.45, 2.75) is 32.4 Å². The summed E-state index contributed by atoms with van der Waals surface area (Å²) in [7, 11) is -2.39. The van der Waals surface area contributed by atoms with Gasteiger partial charge in [-0.25, -0.2) is 8.42 Å². The van der Waals surface area contributed by atoms with Crippen LogP contribution >= 0.6 is 0 Å². The van der Waals surface area contributed by atoms with E-state index < -0.39 is 15.3 Å². The van der Waals surface area contributed by atoms with Crippen LogP contribution in [-0.4, -0.2) is 55.5 Å². The maximum absolute atomic E-state index is 12.0. The number of amides is 1. The molecule has 0 radical (unpaired) electrons. The van der Waals surface area contributed by atoms with Crippen molar-refractivity contribution in [3.8, 4) is 6.07 Å². The lowest BCUT2D eigenvalue weighted by Gasteiger charge is -2.24. The van der Waals surface area contributed by atoms with Gasteiger partial charge in [-0.2, -0.15) is 9.57 Å². The topological polar surface area (TPSA) is 81.5 Å². The molecular formula is C11H21N3O3S. The molecule has 0 spiro atoms.